The summed E-state index contributed by atoms with van der Waals surface area (Å²) in [5.74, 6) is -0.976. The minimum atomic E-state index is -0.500. The molecule has 2 atom stereocenters. The molecule has 0 spiro atoms. The van der Waals surface area contributed by atoms with Gasteiger partial charge in [0, 0.05) is 39.1 Å². The fourth-order valence-electron chi connectivity index (χ4n) is 5.01. The largest absolute Gasteiger partial charge is 0.370 e. The Balaban J connectivity index is 2.22. The van der Waals surface area contributed by atoms with Crippen molar-refractivity contribution in [3.63, 3.8) is 0 Å². The molecule has 2 aromatic rings. The lowest BCUT2D eigenvalue weighted by Gasteiger charge is -2.46. The number of fused-ring (bicyclic) bond motifs is 3. The van der Waals surface area contributed by atoms with Crippen molar-refractivity contribution in [1.82, 2.24) is 0 Å². The van der Waals surface area contributed by atoms with Crippen LogP contribution in [0.5, 0.6) is 0 Å². The average molecular weight is 402 g/mol. The molecule has 1 aliphatic rings. The summed E-state index contributed by atoms with van der Waals surface area (Å²) in [5, 5.41) is 0. The van der Waals surface area contributed by atoms with Gasteiger partial charge in [0.1, 0.15) is 17.3 Å². The van der Waals surface area contributed by atoms with Crippen LogP contribution in [0.2, 0.25) is 0 Å². The van der Waals surface area contributed by atoms with Gasteiger partial charge in [-0.25, -0.2) is 8.78 Å². The Labute approximate surface area is 174 Å². The third kappa shape index (κ3) is 3.35. The number of hydrogen-bond donors (Lipinski definition) is 0. The number of nitrogens with zero attached hydrogens (tertiary/aromatic N) is 2. The quantitative estimate of drug-likeness (QED) is 0.387. The predicted octanol–water partition coefficient (Wildman–Crippen LogP) is 6.35. The smallest absolute Gasteiger partial charge is 0.216 e. The summed E-state index contributed by atoms with van der Waals surface area (Å²) in [5.41, 5.74) is 2.63. The number of pyridine rings is 1. The average Bonchev–Trinajstić information content (AvgIpc) is 2.71. The van der Waals surface area contributed by atoms with E-state index in [-0.39, 0.29) is 11.0 Å². The molecule has 2 heterocycles. The number of benzene rings is 1. The molecule has 2 nitrogen and oxygen atoms in total. The van der Waals surface area contributed by atoms with Crippen LogP contribution in [-0.4, -0.2) is 13.6 Å². The van der Waals surface area contributed by atoms with Crippen LogP contribution in [0.4, 0.5) is 14.5 Å². The molecule has 0 fully saturated rings. The van der Waals surface area contributed by atoms with Gasteiger partial charge in [-0.3, -0.25) is 0 Å². The lowest BCUT2D eigenvalue weighted by molar-refractivity contribution is -0.764. The molecule has 1 aliphatic heterocycles. The third-order valence-electron chi connectivity index (χ3n) is 7.49. The third-order valence-corrected chi connectivity index (χ3v) is 7.49. The van der Waals surface area contributed by atoms with Crippen LogP contribution < -0.4 is 9.47 Å². The second-order valence-corrected chi connectivity index (χ2v) is 8.89. The minimum absolute atomic E-state index is 0.287. The van der Waals surface area contributed by atoms with Crippen LogP contribution in [-0.2, 0) is 11.0 Å². The molecule has 0 aliphatic carbocycles. The molecule has 29 heavy (non-hydrogen) atoms. The molecule has 0 amide bonds. The van der Waals surface area contributed by atoms with Gasteiger partial charge in [0.15, 0.2) is 11.7 Å². The van der Waals surface area contributed by atoms with E-state index in [4.69, 9.17) is 0 Å². The summed E-state index contributed by atoms with van der Waals surface area (Å²) in [7, 11) is 2.12. The van der Waals surface area contributed by atoms with E-state index in [9.17, 15) is 4.39 Å². The molecular formula is C25H35F2N2+. The zero-order chi connectivity index (χ0) is 21.4. The molecule has 0 saturated heterocycles. The van der Waals surface area contributed by atoms with Gasteiger partial charge in [0.2, 0.25) is 5.69 Å². The van der Waals surface area contributed by atoms with Gasteiger partial charge in [0.25, 0.3) is 0 Å². The van der Waals surface area contributed by atoms with Gasteiger partial charge >= 0.3 is 0 Å². The molecule has 2 unspecified atom stereocenters. The zero-order valence-corrected chi connectivity index (χ0v) is 18.8. The highest BCUT2D eigenvalue weighted by molar-refractivity contribution is 5.67. The Morgan fingerprint density at radius 1 is 1.00 bits per heavy atom. The topological polar surface area (TPSA) is 7.12 Å². The second kappa shape index (κ2) is 8.04. The second-order valence-electron chi connectivity index (χ2n) is 8.89. The number of unbranched alkanes of at least 4 members (excludes halogenated alkanes) is 2. The van der Waals surface area contributed by atoms with E-state index in [0.29, 0.717) is 5.56 Å². The summed E-state index contributed by atoms with van der Waals surface area (Å²) >= 11 is 0. The SMILES string of the molecule is CCCCCN(C)c1ccc2[n+](c1)C(C)(CC)C(C)(CC)c1cc(F)cc(F)c1-2. The van der Waals surface area contributed by atoms with Crippen LogP contribution in [0, 0.1) is 11.6 Å². The first-order valence-electron chi connectivity index (χ1n) is 11.0. The van der Waals surface area contributed by atoms with Crippen molar-refractivity contribution in [1.29, 1.82) is 0 Å². The van der Waals surface area contributed by atoms with Crippen LogP contribution in [0.25, 0.3) is 11.3 Å². The Hall–Kier alpha value is -1.97. The summed E-state index contributed by atoms with van der Waals surface area (Å²) in [6.45, 7) is 11.9. The Morgan fingerprint density at radius 3 is 2.34 bits per heavy atom. The molecule has 3 rings (SSSR count). The molecule has 0 bridgehead atoms. The first-order chi connectivity index (χ1) is 13.7. The number of anilines is 1. The molecule has 4 heteroatoms. The lowest BCUT2D eigenvalue weighted by atomic mass is 9.60. The Kier molecular flexibility index (Phi) is 6.03. The van der Waals surface area contributed by atoms with Gasteiger partial charge in [0.05, 0.1) is 11.0 Å². The Morgan fingerprint density at radius 2 is 1.72 bits per heavy atom. The van der Waals surface area contributed by atoms with Gasteiger partial charge in [-0.15, -0.1) is 0 Å². The van der Waals surface area contributed by atoms with Gasteiger partial charge in [-0.2, -0.15) is 4.57 Å². The maximum atomic E-state index is 15.0. The van der Waals surface area contributed by atoms with E-state index in [2.05, 4.69) is 63.4 Å². The summed E-state index contributed by atoms with van der Waals surface area (Å²) < 4.78 is 31.5. The lowest BCUT2D eigenvalue weighted by Crippen LogP contribution is -2.67. The monoisotopic (exact) mass is 401 g/mol. The first-order valence-corrected chi connectivity index (χ1v) is 11.0. The first kappa shape index (κ1) is 21.7. The van der Waals surface area contributed by atoms with Crippen molar-refractivity contribution in [2.24, 2.45) is 0 Å². The van der Waals surface area contributed by atoms with Crippen LogP contribution >= 0.6 is 0 Å². The van der Waals surface area contributed by atoms with Crippen LogP contribution in [0.15, 0.2) is 30.5 Å². The van der Waals surface area contributed by atoms with Crippen molar-refractivity contribution in [3.8, 4) is 11.3 Å². The number of halogens is 2. The Bertz CT molecular complexity index is 895. The maximum absolute atomic E-state index is 15.0. The molecule has 158 valence electrons. The van der Waals surface area contributed by atoms with E-state index in [1.165, 1.54) is 12.8 Å². The summed E-state index contributed by atoms with van der Waals surface area (Å²) in [6.07, 6.45) is 7.41. The predicted molar refractivity (Wildman–Crippen MR) is 116 cm³/mol. The van der Waals surface area contributed by atoms with E-state index in [1.807, 2.05) is 6.07 Å². The summed E-state index contributed by atoms with van der Waals surface area (Å²) in [6, 6.07) is 6.63. The number of hydrogen-bond acceptors (Lipinski definition) is 1. The van der Waals surface area contributed by atoms with Gasteiger partial charge < -0.3 is 4.90 Å². The molecule has 1 aromatic carbocycles. The maximum Gasteiger partial charge on any atom is 0.216 e. The summed E-state index contributed by atoms with van der Waals surface area (Å²) in [4.78, 5) is 2.28. The van der Waals surface area contributed by atoms with Crippen molar-refractivity contribution in [2.45, 2.75) is 77.7 Å². The molecule has 1 aromatic heterocycles. The number of rotatable bonds is 7. The molecule has 0 radical (unpaired) electrons. The van der Waals surface area contributed by atoms with E-state index < -0.39 is 11.6 Å². The van der Waals surface area contributed by atoms with Crippen LogP contribution in [0.3, 0.4) is 0 Å². The van der Waals surface area contributed by atoms with E-state index in [0.717, 1.165) is 48.8 Å². The highest BCUT2D eigenvalue weighted by Gasteiger charge is 2.57. The van der Waals surface area contributed by atoms with Crippen molar-refractivity contribution >= 4 is 5.69 Å². The van der Waals surface area contributed by atoms with Crippen LogP contribution in [0.1, 0.15) is 72.3 Å². The normalized spacial score (nSPS) is 22.9. The van der Waals surface area contributed by atoms with E-state index in [1.54, 1.807) is 6.07 Å². The standard InChI is InChI=1S/C25H35F2N2/c1-7-10-11-14-28(6)19-12-13-22-23-20(15-18(26)16-21(23)27)24(4,8-2)25(5,9-3)29(22)17-19/h12-13,15-17H,7-11,14H2,1-6H3/q+1. The number of aromatic nitrogens is 1. The fraction of sp³-hybridized carbons (Fsp3) is 0.560. The van der Waals surface area contributed by atoms with E-state index >= 15 is 4.39 Å². The van der Waals surface area contributed by atoms with Crippen molar-refractivity contribution in [3.05, 3.63) is 47.7 Å². The molecule has 0 N–H and O–H groups in total. The molecule has 0 saturated carbocycles. The highest BCUT2D eigenvalue weighted by Crippen LogP contribution is 2.50. The molecular weight excluding hydrogens is 366 g/mol. The minimum Gasteiger partial charge on any atom is -0.370 e. The zero-order valence-electron chi connectivity index (χ0n) is 18.8. The van der Waals surface area contributed by atoms with Gasteiger partial charge in [-0.1, -0.05) is 33.6 Å². The van der Waals surface area contributed by atoms with Gasteiger partial charge in [-0.05, 0) is 37.5 Å². The van der Waals surface area contributed by atoms with Crippen molar-refractivity contribution in [2.75, 3.05) is 18.5 Å². The van der Waals surface area contributed by atoms with Crippen molar-refractivity contribution < 1.29 is 13.3 Å². The fourth-order valence-corrected chi connectivity index (χ4v) is 5.01. The highest BCUT2D eigenvalue weighted by atomic mass is 19.1.